The maximum Gasteiger partial charge on any atom is 0.534 e. The van der Waals surface area contributed by atoms with Crippen molar-refractivity contribution < 1.29 is 40.8 Å². The molecule has 0 bridgehead atoms. The Balaban J connectivity index is 2.35. The largest absolute Gasteiger partial charge is 0.534 e. The second-order valence-electron chi connectivity index (χ2n) is 7.34. The molecule has 0 saturated carbocycles. The van der Waals surface area contributed by atoms with Crippen LogP contribution in [-0.2, 0) is 20.5 Å². The first-order valence-corrected chi connectivity index (χ1v) is 11.3. The predicted octanol–water partition coefficient (Wildman–Crippen LogP) is 5.38. The number of rotatable bonds is 6. The number of alkyl halides is 3. The fourth-order valence-electron chi connectivity index (χ4n) is 3.64. The number of aliphatic hydroxyl groups is 1. The zero-order valence-corrected chi connectivity index (χ0v) is 18.8. The fraction of sp³-hybridized carbons (Fsp3) is 0.227. The number of carboxylic acid groups (broad SMARTS) is 1. The van der Waals surface area contributed by atoms with E-state index in [9.17, 15) is 36.6 Å². The molecule has 1 unspecified atom stereocenters. The van der Waals surface area contributed by atoms with Gasteiger partial charge < -0.3 is 14.4 Å². The minimum Gasteiger partial charge on any atom is -0.479 e. The Hall–Kier alpha value is -2.82. The molecule has 0 fully saturated rings. The molecule has 0 aliphatic carbocycles. The van der Waals surface area contributed by atoms with Crippen molar-refractivity contribution in [1.82, 2.24) is 0 Å². The third kappa shape index (κ3) is 4.50. The lowest BCUT2D eigenvalue weighted by Crippen LogP contribution is -2.36. The first-order valence-electron chi connectivity index (χ1n) is 9.51. The van der Waals surface area contributed by atoms with Gasteiger partial charge in [-0.2, -0.15) is 21.6 Å². The van der Waals surface area contributed by atoms with Gasteiger partial charge in [-0.05, 0) is 65.1 Å². The number of carboxylic acids is 1. The van der Waals surface area contributed by atoms with Crippen LogP contribution in [0.2, 0.25) is 5.02 Å². The van der Waals surface area contributed by atoms with E-state index in [1.807, 2.05) is 0 Å². The Morgan fingerprint density at radius 1 is 1.09 bits per heavy atom. The standard InChI is InChI=1S/C22H18ClF3O6S/c1-3-21(29,20(27)28)19-12(2)10-14-11-16(32-33(30,31)22(24,25)26)8-9-17(14)18(19)13-4-6-15(23)7-5-13/h4-11,29H,3H2,1-2H3,(H,27,28). The van der Waals surface area contributed by atoms with Gasteiger partial charge in [0.1, 0.15) is 5.75 Å². The van der Waals surface area contributed by atoms with E-state index in [0.29, 0.717) is 27.1 Å². The van der Waals surface area contributed by atoms with Crippen LogP contribution >= 0.6 is 11.6 Å². The quantitative estimate of drug-likeness (QED) is 0.347. The number of carbonyl (C=O) groups is 1. The monoisotopic (exact) mass is 502 g/mol. The number of aryl methyl sites for hydroxylation is 1. The van der Waals surface area contributed by atoms with E-state index in [4.69, 9.17) is 11.6 Å². The molecule has 176 valence electrons. The van der Waals surface area contributed by atoms with Gasteiger partial charge in [0.2, 0.25) is 0 Å². The molecule has 0 aliphatic rings. The number of hydrogen-bond donors (Lipinski definition) is 2. The van der Waals surface area contributed by atoms with Gasteiger partial charge in [-0.1, -0.05) is 42.8 Å². The van der Waals surface area contributed by atoms with Crippen LogP contribution in [0.4, 0.5) is 13.2 Å². The summed E-state index contributed by atoms with van der Waals surface area (Å²) >= 11 is 5.97. The molecule has 0 spiro atoms. The van der Waals surface area contributed by atoms with Crippen LogP contribution < -0.4 is 4.18 Å². The van der Waals surface area contributed by atoms with Gasteiger partial charge in [0.05, 0.1) is 0 Å². The fourth-order valence-corrected chi connectivity index (χ4v) is 4.21. The van der Waals surface area contributed by atoms with Crippen LogP contribution in [0.25, 0.3) is 21.9 Å². The molecule has 3 aromatic carbocycles. The van der Waals surface area contributed by atoms with Crippen molar-refractivity contribution in [3.63, 3.8) is 0 Å². The lowest BCUT2D eigenvalue weighted by Gasteiger charge is -2.28. The van der Waals surface area contributed by atoms with Crippen LogP contribution in [-0.4, -0.2) is 30.1 Å². The topological polar surface area (TPSA) is 101 Å². The average molecular weight is 503 g/mol. The molecule has 6 nitrogen and oxygen atoms in total. The van der Waals surface area contributed by atoms with Crippen LogP contribution in [0.5, 0.6) is 5.75 Å². The Morgan fingerprint density at radius 2 is 1.70 bits per heavy atom. The minimum absolute atomic E-state index is 0.101. The first kappa shape index (κ1) is 24.8. The molecule has 3 aromatic rings. The Labute approximate surface area is 192 Å². The zero-order chi connectivity index (χ0) is 24.8. The molecule has 33 heavy (non-hydrogen) atoms. The summed E-state index contributed by atoms with van der Waals surface area (Å²) in [5.74, 6) is -2.04. The Bertz CT molecular complexity index is 1340. The summed E-state index contributed by atoms with van der Waals surface area (Å²) in [6.07, 6.45) is -0.166. The van der Waals surface area contributed by atoms with Crippen molar-refractivity contribution in [3.8, 4) is 16.9 Å². The van der Waals surface area contributed by atoms with E-state index >= 15 is 0 Å². The maximum absolute atomic E-state index is 12.7. The van der Waals surface area contributed by atoms with Crippen LogP contribution in [0, 0.1) is 6.92 Å². The highest BCUT2D eigenvalue weighted by atomic mass is 35.5. The SMILES string of the molecule is CCC(O)(C(=O)O)c1c(C)cc2cc(OS(=O)(=O)C(F)(F)F)ccc2c1-c1ccc(Cl)cc1. The van der Waals surface area contributed by atoms with Crippen molar-refractivity contribution in [2.24, 2.45) is 0 Å². The lowest BCUT2D eigenvalue weighted by atomic mass is 9.80. The van der Waals surface area contributed by atoms with Crippen molar-refractivity contribution in [1.29, 1.82) is 0 Å². The van der Waals surface area contributed by atoms with Crippen molar-refractivity contribution in [3.05, 3.63) is 64.7 Å². The Kier molecular flexibility index (Phi) is 6.40. The second-order valence-corrected chi connectivity index (χ2v) is 9.31. The molecular formula is C22H18ClF3O6S. The second kappa shape index (κ2) is 8.51. The highest BCUT2D eigenvalue weighted by molar-refractivity contribution is 7.88. The minimum atomic E-state index is -5.88. The summed E-state index contributed by atoms with van der Waals surface area (Å²) in [5, 5.41) is 21.9. The summed E-state index contributed by atoms with van der Waals surface area (Å²) < 4.78 is 65.1. The molecule has 1 atom stereocenters. The third-order valence-corrected chi connectivity index (χ3v) is 6.44. The average Bonchev–Trinajstić information content (AvgIpc) is 2.71. The van der Waals surface area contributed by atoms with Crippen molar-refractivity contribution in [2.75, 3.05) is 0 Å². The normalized spacial score (nSPS) is 14.2. The molecule has 3 rings (SSSR count). The van der Waals surface area contributed by atoms with Gasteiger partial charge in [-0.3, -0.25) is 0 Å². The molecule has 11 heteroatoms. The summed E-state index contributed by atoms with van der Waals surface area (Å²) in [4.78, 5) is 12.0. The van der Waals surface area contributed by atoms with Crippen LogP contribution in [0.3, 0.4) is 0 Å². The number of halogens is 4. The van der Waals surface area contributed by atoms with E-state index in [0.717, 1.165) is 12.1 Å². The predicted molar refractivity (Wildman–Crippen MR) is 117 cm³/mol. The van der Waals surface area contributed by atoms with Crippen molar-refractivity contribution >= 4 is 38.5 Å². The zero-order valence-electron chi connectivity index (χ0n) is 17.3. The molecule has 2 N–H and O–H groups in total. The van der Waals surface area contributed by atoms with E-state index < -0.39 is 32.9 Å². The maximum atomic E-state index is 12.7. The molecule has 0 saturated heterocycles. The number of hydrogen-bond acceptors (Lipinski definition) is 5. The molecule has 0 amide bonds. The third-order valence-electron chi connectivity index (χ3n) is 5.21. The van der Waals surface area contributed by atoms with Gasteiger partial charge in [-0.15, -0.1) is 0 Å². The summed E-state index contributed by atoms with van der Waals surface area (Å²) in [5.41, 5.74) is -6.62. The van der Waals surface area contributed by atoms with E-state index in [1.165, 1.54) is 26.0 Å². The highest BCUT2D eigenvalue weighted by Crippen LogP contribution is 2.43. The van der Waals surface area contributed by atoms with Gasteiger partial charge in [0.25, 0.3) is 0 Å². The summed E-state index contributed by atoms with van der Waals surface area (Å²) in [6.45, 7) is 3.04. The molecule has 0 aromatic heterocycles. The molecule has 0 heterocycles. The van der Waals surface area contributed by atoms with E-state index in [-0.39, 0.29) is 17.4 Å². The van der Waals surface area contributed by atoms with Gasteiger partial charge in [-0.25, -0.2) is 4.79 Å². The highest BCUT2D eigenvalue weighted by Gasteiger charge is 2.48. The first-order chi connectivity index (χ1) is 15.2. The van der Waals surface area contributed by atoms with Crippen LogP contribution in [0.15, 0.2) is 48.5 Å². The smallest absolute Gasteiger partial charge is 0.479 e. The van der Waals surface area contributed by atoms with E-state index in [2.05, 4.69) is 4.18 Å². The molecule has 0 aliphatic heterocycles. The lowest BCUT2D eigenvalue weighted by molar-refractivity contribution is -0.160. The number of fused-ring (bicyclic) bond motifs is 1. The van der Waals surface area contributed by atoms with Gasteiger partial charge >= 0.3 is 21.6 Å². The van der Waals surface area contributed by atoms with Crippen LogP contribution in [0.1, 0.15) is 24.5 Å². The molecular weight excluding hydrogens is 485 g/mol. The molecule has 0 radical (unpaired) electrons. The number of aliphatic carboxylic acids is 1. The van der Waals surface area contributed by atoms with E-state index in [1.54, 1.807) is 24.3 Å². The van der Waals surface area contributed by atoms with Gasteiger partial charge in [0.15, 0.2) is 5.60 Å². The Morgan fingerprint density at radius 3 is 2.21 bits per heavy atom. The summed E-state index contributed by atoms with van der Waals surface area (Å²) in [6, 6.07) is 11.2. The van der Waals surface area contributed by atoms with Crippen molar-refractivity contribution in [2.45, 2.75) is 31.4 Å². The summed E-state index contributed by atoms with van der Waals surface area (Å²) in [7, 11) is -5.88. The number of benzene rings is 3. The van der Waals surface area contributed by atoms with Gasteiger partial charge in [0, 0.05) is 10.6 Å².